The summed E-state index contributed by atoms with van der Waals surface area (Å²) in [6.45, 7) is 5.86. The molecule has 1 fully saturated rings. The third kappa shape index (κ3) is 2.84. The Kier molecular flexibility index (Phi) is 4.63. The van der Waals surface area contributed by atoms with Crippen LogP contribution in [0.3, 0.4) is 0 Å². The second-order valence-corrected chi connectivity index (χ2v) is 6.18. The van der Waals surface area contributed by atoms with Crippen LogP contribution in [-0.2, 0) is 6.54 Å². The molecule has 1 aromatic rings. The number of hydrogen-bond donors (Lipinski definition) is 2. The molecule has 4 nitrogen and oxygen atoms in total. The molecule has 3 N–H and O–H groups in total. The van der Waals surface area contributed by atoms with Crippen LogP contribution < -0.4 is 5.73 Å². The molecular weight excluding hydrogens is 238 g/mol. The quantitative estimate of drug-likeness (QED) is 0.859. The Morgan fingerprint density at radius 1 is 1.63 bits per heavy atom. The van der Waals surface area contributed by atoms with Crippen LogP contribution in [0.2, 0.25) is 0 Å². The van der Waals surface area contributed by atoms with Crippen LogP contribution in [0.1, 0.15) is 57.7 Å². The maximum atomic E-state index is 10.9. The molecule has 0 amide bonds. The maximum absolute atomic E-state index is 10.9. The monoisotopic (exact) mass is 265 g/mol. The number of aromatic nitrogens is 2. The van der Waals surface area contributed by atoms with Gasteiger partial charge in [-0.3, -0.25) is 0 Å². The van der Waals surface area contributed by atoms with Crippen molar-refractivity contribution in [1.82, 2.24) is 9.55 Å². The zero-order valence-corrected chi connectivity index (χ0v) is 12.2. The Labute approximate surface area is 116 Å². The molecule has 0 spiro atoms. The van der Waals surface area contributed by atoms with E-state index >= 15 is 0 Å². The molecule has 0 saturated heterocycles. The first-order valence-electron chi connectivity index (χ1n) is 7.51. The molecule has 3 atom stereocenters. The van der Waals surface area contributed by atoms with E-state index in [1.165, 1.54) is 6.42 Å². The van der Waals surface area contributed by atoms with Crippen molar-refractivity contribution >= 4 is 0 Å². The molecule has 1 aromatic heterocycles. The van der Waals surface area contributed by atoms with Gasteiger partial charge in [-0.25, -0.2) is 4.98 Å². The van der Waals surface area contributed by atoms with Crippen LogP contribution in [-0.4, -0.2) is 21.2 Å². The minimum atomic E-state index is -0.491. The van der Waals surface area contributed by atoms with Gasteiger partial charge in [0.05, 0.1) is 18.2 Å². The van der Waals surface area contributed by atoms with Crippen molar-refractivity contribution < 1.29 is 5.11 Å². The first-order valence-corrected chi connectivity index (χ1v) is 7.51. The van der Waals surface area contributed by atoms with E-state index < -0.39 is 6.10 Å². The Hall–Kier alpha value is -0.870. The van der Waals surface area contributed by atoms with Crippen LogP contribution in [0.25, 0.3) is 0 Å². The number of hydrogen-bond acceptors (Lipinski definition) is 3. The predicted molar refractivity (Wildman–Crippen MR) is 76.6 cm³/mol. The number of imidazole rings is 1. The van der Waals surface area contributed by atoms with Crippen LogP contribution >= 0.6 is 0 Å². The highest BCUT2D eigenvalue weighted by Crippen LogP contribution is 2.47. The number of aryl methyl sites for hydroxylation is 1. The summed E-state index contributed by atoms with van der Waals surface area (Å²) in [6, 6.07) is 0. The molecule has 1 saturated carbocycles. The van der Waals surface area contributed by atoms with Crippen molar-refractivity contribution in [3.05, 3.63) is 18.2 Å². The summed E-state index contributed by atoms with van der Waals surface area (Å²) in [4.78, 5) is 4.20. The van der Waals surface area contributed by atoms with E-state index in [0.717, 1.165) is 37.9 Å². The van der Waals surface area contributed by atoms with Crippen molar-refractivity contribution in [2.45, 2.75) is 58.6 Å². The smallest absolute Gasteiger partial charge is 0.102 e. The minimum absolute atomic E-state index is 0.164. The molecule has 0 bridgehead atoms. The first kappa shape index (κ1) is 14.5. The second-order valence-electron chi connectivity index (χ2n) is 6.18. The van der Waals surface area contributed by atoms with Crippen molar-refractivity contribution in [3.8, 4) is 0 Å². The third-order valence-electron chi connectivity index (χ3n) is 4.60. The number of aliphatic hydroxyl groups excluding tert-OH is 1. The highest BCUT2D eigenvalue weighted by atomic mass is 16.3. The molecule has 0 radical (unpaired) electrons. The van der Waals surface area contributed by atoms with Crippen molar-refractivity contribution in [1.29, 1.82) is 0 Å². The number of rotatable bonds is 5. The zero-order valence-electron chi connectivity index (χ0n) is 12.2. The van der Waals surface area contributed by atoms with Crippen molar-refractivity contribution in [2.24, 2.45) is 17.1 Å². The highest BCUT2D eigenvalue weighted by Gasteiger charge is 2.41. The Morgan fingerprint density at radius 3 is 3.05 bits per heavy atom. The fraction of sp³-hybridized carbons (Fsp3) is 0.800. The summed E-state index contributed by atoms with van der Waals surface area (Å²) >= 11 is 0. The van der Waals surface area contributed by atoms with E-state index in [4.69, 9.17) is 5.73 Å². The highest BCUT2D eigenvalue weighted by molar-refractivity contribution is 5.09. The standard InChI is InChI=1S/C15H27N3O/c1-3-7-18-11-17-9-13(18)14(19)15(10-16)6-4-5-12(2)8-15/h9,11-12,14,19H,3-8,10,16H2,1-2H3. The molecule has 0 aromatic carbocycles. The summed E-state index contributed by atoms with van der Waals surface area (Å²) < 4.78 is 2.07. The molecule has 19 heavy (non-hydrogen) atoms. The van der Waals surface area contributed by atoms with Crippen LogP contribution in [0.15, 0.2) is 12.5 Å². The lowest BCUT2D eigenvalue weighted by atomic mass is 9.66. The summed E-state index contributed by atoms with van der Waals surface area (Å²) in [5.41, 5.74) is 6.81. The molecule has 1 aliphatic carbocycles. The lowest BCUT2D eigenvalue weighted by Gasteiger charge is -2.42. The van der Waals surface area contributed by atoms with Gasteiger partial charge in [0.25, 0.3) is 0 Å². The molecule has 3 unspecified atom stereocenters. The SMILES string of the molecule is CCCn1cncc1C(O)C1(CN)CCCC(C)C1. The minimum Gasteiger partial charge on any atom is -0.386 e. The third-order valence-corrected chi connectivity index (χ3v) is 4.60. The predicted octanol–water partition coefficient (Wildman–Crippen LogP) is 2.48. The van der Waals surface area contributed by atoms with Crippen molar-refractivity contribution in [2.75, 3.05) is 6.54 Å². The average Bonchev–Trinajstić information content (AvgIpc) is 2.86. The number of aliphatic hydroxyl groups is 1. The van der Waals surface area contributed by atoms with Gasteiger partial charge in [-0.1, -0.05) is 26.7 Å². The molecule has 108 valence electrons. The van der Waals surface area contributed by atoms with Gasteiger partial charge in [0.15, 0.2) is 0 Å². The molecule has 0 aliphatic heterocycles. The molecule has 1 aliphatic rings. The van der Waals surface area contributed by atoms with Gasteiger partial charge in [-0.15, -0.1) is 0 Å². The largest absolute Gasteiger partial charge is 0.386 e. The van der Waals surface area contributed by atoms with Gasteiger partial charge < -0.3 is 15.4 Å². The van der Waals surface area contributed by atoms with E-state index in [0.29, 0.717) is 12.5 Å². The fourth-order valence-electron chi connectivity index (χ4n) is 3.55. The lowest BCUT2D eigenvalue weighted by molar-refractivity contribution is -0.0177. The molecule has 2 rings (SSSR count). The second kappa shape index (κ2) is 6.06. The first-order chi connectivity index (χ1) is 9.13. The van der Waals surface area contributed by atoms with Gasteiger partial charge in [-0.2, -0.15) is 0 Å². The molecule has 1 heterocycles. The fourth-order valence-corrected chi connectivity index (χ4v) is 3.55. The van der Waals surface area contributed by atoms with Crippen LogP contribution in [0, 0.1) is 11.3 Å². The lowest BCUT2D eigenvalue weighted by Crippen LogP contribution is -2.41. The van der Waals surface area contributed by atoms with E-state index in [1.807, 2.05) is 6.33 Å². The van der Waals surface area contributed by atoms with Crippen molar-refractivity contribution in [3.63, 3.8) is 0 Å². The van der Waals surface area contributed by atoms with E-state index in [9.17, 15) is 5.11 Å². The van der Waals surface area contributed by atoms with Gasteiger partial charge in [0, 0.05) is 18.5 Å². The summed E-state index contributed by atoms with van der Waals surface area (Å²) in [6.07, 6.45) is 8.63. The average molecular weight is 265 g/mol. The molecular formula is C15H27N3O. The van der Waals surface area contributed by atoms with Gasteiger partial charge in [-0.05, 0) is 25.2 Å². The van der Waals surface area contributed by atoms with Gasteiger partial charge in [0.1, 0.15) is 6.10 Å². The van der Waals surface area contributed by atoms with E-state index in [2.05, 4.69) is 23.4 Å². The van der Waals surface area contributed by atoms with Crippen LogP contribution in [0.5, 0.6) is 0 Å². The number of nitrogens with two attached hydrogens (primary N) is 1. The Balaban J connectivity index is 2.24. The van der Waals surface area contributed by atoms with Crippen LogP contribution in [0.4, 0.5) is 0 Å². The zero-order chi connectivity index (χ0) is 13.9. The van der Waals surface area contributed by atoms with E-state index in [-0.39, 0.29) is 5.41 Å². The number of nitrogens with zero attached hydrogens (tertiary/aromatic N) is 2. The topological polar surface area (TPSA) is 64.1 Å². The summed E-state index contributed by atoms with van der Waals surface area (Å²) in [7, 11) is 0. The summed E-state index contributed by atoms with van der Waals surface area (Å²) in [5.74, 6) is 0.648. The van der Waals surface area contributed by atoms with E-state index in [1.54, 1.807) is 6.20 Å². The normalized spacial score (nSPS) is 29.4. The summed E-state index contributed by atoms with van der Waals surface area (Å²) in [5, 5.41) is 10.9. The Morgan fingerprint density at radius 2 is 2.42 bits per heavy atom. The Bertz CT molecular complexity index is 404. The maximum Gasteiger partial charge on any atom is 0.102 e. The van der Waals surface area contributed by atoms with Gasteiger partial charge in [0.2, 0.25) is 0 Å². The van der Waals surface area contributed by atoms with Gasteiger partial charge >= 0.3 is 0 Å². The molecule has 4 heteroatoms.